The Morgan fingerprint density at radius 1 is 0.938 bits per heavy atom. The summed E-state index contributed by atoms with van der Waals surface area (Å²) in [5, 5.41) is 0.776. The number of pyridine rings is 1. The summed E-state index contributed by atoms with van der Waals surface area (Å²) in [7, 11) is 1.56. The zero-order chi connectivity index (χ0) is 22.1. The molecule has 2 aromatic heterocycles. The van der Waals surface area contributed by atoms with Gasteiger partial charge in [0.15, 0.2) is 5.82 Å². The Balaban J connectivity index is 1.77. The number of anilines is 1. The third kappa shape index (κ3) is 3.75. The van der Waals surface area contributed by atoms with E-state index in [1.165, 1.54) is 18.6 Å². The quantitative estimate of drug-likeness (QED) is 0.418. The van der Waals surface area contributed by atoms with Crippen LogP contribution in [0.25, 0.3) is 33.4 Å². The number of piperidine rings is 1. The summed E-state index contributed by atoms with van der Waals surface area (Å²) in [6, 6.07) is 11.0. The third-order valence-electron chi connectivity index (χ3n) is 5.78. The summed E-state index contributed by atoms with van der Waals surface area (Å²) in [5.74, 6) is 0.615. The van der Waals surface area contributed by atoms with Gasteiger partial charge in [0.25, 0.3) is 0 Å². The molecule has 3 heterocycles. The van der Waals surface area contributed by atoms with Crippen LogP contribution in [0.1, 0.15) is 19.3 Å². The van der Waals surface area contributed by atoms with Crippen LogP contribution in [0.3, 0.4) is 0 Å². The Morgan fingerprint density at radius 3 is 2.50 bits per heavy atom. The molecule has 0 spiro atoms. The zero-order valence-electron chi connectivity index (χ0n) is 17.7. The highest BCUT2D eigenvalue weighted by atomic mass is 19.1. The van der Waals surface area contributed by atoms with Crippen LogP contribution in [0.5, 0.6) is 5.75 Å². The Morgan fingerprint density at radius 2 is 1.78 bits per heavy atom. The standard InChI is InChI=1S/C25H22F2N4O/c1-32-22-13-17(19-8-7-18(26)14-21(19)27)12-20-23(22)29-24(16-6-5-9-28-15-16)30-25(20)31-10-3-2-4-11-31/h5-9,12-15H,2-4,10-11H2,1H3. The van der Waals surface area contributed by atoms with Crippen molar-refractivity contribution in [2.45, 2.75) is 19.3 Å². The summed E-state index contributed by atoms with van der Waals surface area (Å²) in [6.07, 6.45) is 6.79. The van der Waals surface area contributed by atoms with E-state index in [0.29, 0.717) is 28.2 Å². The monoisotopic (exact) mass is 432 g/mol. The number of nitrogens with zero attached hydrogens (tertiary/aromatic N) is 4. The van der Waals surface area contributed by atoms with Gasteiger partial charge in [0.2, 0.25) is 0 Å². The lowest BCUT2D eigenvalue weighted by molar-refractivity contribution is 0.419. The molecular weight excluding hydrogens is 410 g/mol. The molecule has 162 valence electrons. The van der Waals surface area contributed by atoms with E-state index in [-0.39, 0.29) is 0 Å². The number of hydrogen-bond acceptors (Lipinski definition) is 5. The maximum absolute atomic E-state index is 14.6. The number of fused-ring (bicyclic) bond motifs is 1. The lowest BCUT2D eigenvalue weighted by atomic mass is 10.0. The minimum Gasteiger partial charge on any atom is -0.494 e. The van der Waals surface area contributed by atoms with E-state index in [1.807, 2.05) is 18.2 Å². The second-order valence-electron chi connectivity index (χ2n) is 7.86. The van der Waals surface area contributed by atoms with E-state index < -0.39 is 11.6 Å². The summed E-state index contributed by atoms with van der Waals surface area (Å²) >= 11 is 0. The molecule has 0 N–H and O–H groups in total. The van der Waals surface area contributed by atoms with Gasteiger partial charge in [-0.3, -0.25) is 4.98 Å². The van der Waals surface area contributed by atoms with Gasteiger partial charge in [0.1, 0.15) is 28.7 Å². The van der Waals surface area contributed by atoms with Gasteiger partial charge < -0.3 is 9.64 Å². The summed E-state index contributed by atoms with van der Waals surface area (Å²) < 4.78 is 33.7. The van der Waals surface area contributed by atoms with Crippen LogP contribution in [0.2, 0.25) is 0 Å². The van der Waals surface area contributed by atoms with E-state index in [9.17, 15) is 8.78 Å². The highest BCUT2D eigenvalue weighted by molar-refractivity contribution is 5.98. The van der Waals surface area contributed by atoms with Crippen LogP contribution < -0.4 is 9.64 Å². The highest BCUT2D eigenvalue weighted by Gasteiger charge is 2.21. The Kier molecular flexibility index (Phi) is 5.39. The second kappa shape index (κ2) is 8.49. The average Bonchev–Trinajstić information content (AvgIpc) is 2.84. The number of methoxy groups -OCH3 is 1. The van der Waals surface area contributed by atoms with Crippen LogP contribution in [0, 0.1) is 11.6 Å². The van der Waals surface area contributed by atoms with Gasteiger partial charge in [-0.1, -0.05) is 0 Å². The van der Waals surface area contributed by atoms with E-state index in [4.69, 9.17) is 14.7 Å². The summed E-state index contributed by atoms with van der Waals surface area (Å²) in [5.41, 5.74) is 2.34. The molecule has 0 unspecified atom stereocenters. The molecular formula is C25H22F2N4O. The molecule has 1 fully saturated rings. The number of rotatable bonds is 4. The maximum Gasteiger partial charge on any atom is 0.163 e. The molecule has 2 aromatic carbocycles. The minimum absolute atomic E-state index is 0.299. The molecule has 0 radical (unpaired) electrons. The van der Waals surface area contributed by atoms with Gasteiger partial charge >= 0.3 is 0 Å². The van der Waals surface area contributed by atoms with Gasteiger partial charge in [-0.15, -0.1) is 0 Å². The first-order chi connectivity index (χ1) is 15.6. The first-order valence-electron chi connectivity index (χ1n) is 10.6. The largest absolute Gasteiger partial charge is 0.494 e. The van der Waals surface area contributed by atoms with Crippen molar-refractivity contribution in [2.24, 2.45) is 0 Å². The molecule has 1 saturated heterocycles. The number of aromatic nitrogens is 3. The fourth-order valence-corrected chi connectivity index (χ4v) is 4.19. The molecule has 0 atom stereocenters. The van der Waals surface area contributed by atoms with E-state index in [1.54, 1.807) is 25.6 Å². The first-order valence-corrected chi connectivity index (χ1v) is 10.6. The highest BCUT2D eigenvalue weighted by Crippen LogP contribution is 2.38. The smallest absolute Gasteiger partial charge is 0.163 e. The Hall–Kier alpha value is -3.61. The number of halogens is 2. The number of ether oxygens (including phenoxy) is 1. The summed E-state index contributed by atoms with van der Waals surface area (Å²) in [4.78, 5) is 16.1. The fraction of sp³-hybridized carbons (Fsp3) is 0.240. The molecule has 5 nitrogen and oxygen atoms in total. The molecule has 0 aliphatic carbocycles. The van der Waals surface area contributed by atoms with Crippen molar-refractivity contribution in [3.8, 4) is 28.3 Å². The Labute approximate surface area is 184 Å². The van der Waals surface area contributed by atoms with Gasteiger partial charge in [-0.25, -0.2) is 18.7 Å². The average molecular weight is 432 g/mol. The number of benzene rings is 2. The van der Waals surface area contributed by atoms with Gasteiger partial charge in [0, 0.05) is 48.1 Å². The molecule has 5 rings (SSSR count). The first kappa shape index (κ1) is 20.3. The topological polar surface area (TPSA) is 51.1 Å². The van der Waals surface area contributed by atoms with Crippen LogP contribution in [-0.2, 0) is 0 Å². The normalized spacial score (nSPS) is 14.0. The van der Waals surface area contributed by atoms with Crippen molar-refractivity contribution in [3.05, 3.63) is 66.5 Å². The molecule has 0 amide bonds. The third-order valence-corrected chi connectivity index (χ3v) is 5.78. The van der Waals surface area contributed by atoms with E-state index in [0.717, 1.165) is 48.8 Å². The minimum atomic E-state index is -0.626. The predicted octanol–water partition coefficient (Wildman–Crippen LogP) is 5.64. The van der Waals surface area contributed by atoms with Crippen molar-refractivity contribution in [1.82, 2.24) is 15.0 Å². The van der Waals surface area contributed by atoms with Crippen LogP contribution in [0.15, 0.2) is 54.9 Å². The van der Waals surface area contributed by atoms with Crippen molar-refractivity contribution in [3.63, 3.8) is 0 Å². The summed E-state index contributed by atoms with van der Waals surface area (Å²) in [6.45, 7) is 1.77. The SMILES string of the molecule is COc1cc(-c2ccc(F)cc2F)cc2c(N3CCCCC3)nc(-c3cccnc3)nc12. The molecule has 1 aliphatic heterocycles. The van der Waals surface area contributed by atoms with Gasteiger partial charge in [0.05, 0.1) is 7.11 Å². The molecule has 32 heavy (non-hydrogen) atoms. The molecule has 4 aromatic rings. The van der Waals surface area contributed by atoms with Crippen molar-refractivity contribution < 1.29 is 13.5 Å². The van der Waals surface area contributed by atoms with E-state index >= 15 is 0 Å². The van der Waals surface area contributed by atoms with Gasteiger partial charge in [-0.05, 0) is 61.2 Å². The molecule has 1 aliphatic rings. The molecule has 7 heteroatoms. The van der Waals surface area contributed by atoms with Crippen LogP contribution in [0.4, 0.5) is 14.6 Å². The molecule has 0 saturated carbocycles. The van der Waals surface area contributed by atoms with E-state index in [2.05, 4.69) is 9.88 Å². The lowest BCUT2D eigenvalue weighted by Gasteiger charge is -2.29. The van der Waals surface area contributed by atoms with Crippen molar-refractivity contribution in [1.29, 1.82) is 0 Å². The lowest BCUT2D eigenvalue weighted by Crippen LogP contribution is -2.30. The molecule has 0 bridgehead atoms. The predicted molar refractivity (Wildman–Crippen MR) is 121 cm³/mol. The zero-order valence-corrected chi connectivity index (χ0v) is 17.7. The van der Waals surface area contributed by atoms with Crippen molar-refractivity contribution in [2.75, 3.05) is 25.1 Å². The second-order valence-corrected chi connectivity index (χ2v) is 7.86. The van der Waals surface area contributed by atoms with Gasteiger partial charge in [-0.2, -0.15) is 0 Å². The van der Waals surface area contributed by atoms with Crippen LogP contribution >= 0.6 is 0 Å². The fourth-order valence-electron chi connectivity index (χ4n) is 4.19. The number of hydrogen-bond donors (Lipinski definition) is 0. The van der Waals surface area contributed by atoms with Crippen LogP contribution in [-0.4, -0.2) is 35.2 Å². The Bertz CT molecular complexity index is 1270. The van der Waals surface area contributed by atoms with Crippen molar-refractivity contribution >= 4 is 16.7 Å². The maximum atomic E-state index is 14.6.